The van der Waals surface area contributed by atoms with E-state index in [1.54, 1.807) is 105 Å². The van der Waals surface area contributed by atoms with Crippen LogP contribution in [0.25, 0.3) is 10.9 Å². The Bertz CT molecular complexity index is 5390. The van der Waals surface area contributed by atoms with Crippen LogP contribution in [0.4, 0.5) is 13.2 Å². The summed E-state index contributed by atoms with van der Waals surface area (Å²) in [5, 5.41) is 45.4. The highest BCUT2D eigenvalue weighted by Gasteiger charge is 2.46. The SMILES string of the molecule is CCCC[C@H]1C(=O)N2CCC[C@@H]2C(=O)N[C@@H](COC=O)C(=O)N[C@@H](C(C)C)C(=O)N(C)[C@@H](Cc2ccccc2)C(=O)N[C@@H](Cc2ccc(O)cc2)C(=O)N2CCC[C@@H]2C(=O)N[C@@H](Cc2c[nH]c3ccccc23)C(=O)N[C@@H](Cc2ccc(O)cc2)C(=O)N[C@@H](CCCN)C(=O)N[C@H](C(=O)NCC(N)=O)CSCC(=O)N[C@@H](Cc2cc(F)c(F)c(F)c2)C(=O)N(C)[C@@H](Cc2ccccc2)C(=O)N1C. The van der Waals surface area contributed by atoms with Gasteiger partial charge < -0.3 is 104 Å². The van der Waals surface area contributed by atoms with Crippen molar-refractivity contribution in [1.82, 2.24) is 77.3 Å². The summed E-state index contributed by atoms with van der Waals surface area (Å²) >= 11 is 0.668. The highest BCUT2D eigenvalue weighted by molar-refractivity contribution is 8.00. The van der Waals surface area contributed by atoms with Crippen LogP contribution in [-0.4, -0.2) is 279 Å². The average molecular weight is 1900 g/mol. The molecule has 3 aliphatic heterocycles. The predicted octanol–water partition coefficient (Wildman–Crippen LogP) is 2.20. The number of phenols is 2. The molecule has 0 spiro atoms. The van der Waals surface area contributed by atoms with Crippen molar-refractivity contribution in [3.05, 3.63) is 203 Å². The molecule has 3 fully saturated rings. The lowest BCUT2D eigenvalue weighted by Crippen LogP contribution is -2.62. The number of rotatable bonds is 25. The molecule has 0 radical (unpaired) electrons. The van der Waals surface area contributed by atoms with E-state index in [-0.39, 0.29) is 120 Å². The number of primary amides is 1. The molecule has 15 amide bonds. The van der Waals surface area contributed by atoms with Gasteiger partial charge in [0, 0.05) is 95.6 Å². The normalized spacial score (nSPS) is 23.2. The second-order valence-electron chi connectivity index (χ2n) is 34.5. The zero-order valence-corrected chi connectivity index (χ0v) is 77.2. The molecular formula is C96H118F3N17O19S. The van der Waals surface area contributed by atoms with E-state index in [0.29, 0.717) is 75.5 Å². The van der Waals surface area contributed by atoms with Gasteiger partial charge in [-0.05, 0) is 133 Å². The number of nitrogens with two attached hydrogens (primary N) is 2. The third kappa shape index (κ3) is 28.3. The third-order valence-electron chi connectivity index (χ3n) is 24.3. The Hall–Kier alpha value is -13.9. The lowest BCUT2D eigenvalue weighted by Gasteiger charge is -2.38. The summed E-state index contributed by atoms with van der Waals surface area (Å²) in [4.78, 5) is 247. The average Bonchev–Trinajstić information content (AvgIpc) is 1.46. The number of carbonyl (C=O) groups is 16. The Labute approximate surface area is 788 Å². The number of benzene rings is 6. The van der Waals surface area contributed by atoms with Gasteiger partial charge in [0.25, 0.3) is 6.47 Å². The van der Waals surface area contributed by atoms with E-state index in [1.165, 1.54) is 79.5 Å². The van der Waals surface area contributed by atoms with E-state index in [2.05, 4.69) is 52.8 Å². The number of likely N-dealkylation sites (N-methyl/N-ethyl adjacent to an activating group) is 3. The van der Waals surface area contributed by atoms with Crippen LogP contribution in [0.1, 0.15) is 112 Å². The molecule has 3 saturated heterocycles. The number of aromatic amines is 1. The molecule has 0 bridgehead atoms. The Morgan fingerprint density at radius 1 is 0.515 bits per heavy atom. The summed E-state index contributed by atoms with van der Waals surface area (Å²) in [7, 11) is 3.82. The second kappa shape index (κ2) is 49.9. The number of aromatic hydroxyl groups is 2. The van der Waals surface area contributed by atoms with Crippen molar-refractivity contribution < 1.29 is 105 Å². The standard InChI is InChI=1S/C96H118F3N17O19S/c1-7-8-27-77-95(133)116-40-19-29-76(116)90(128)109-73(51-135-54-117)88(126)111-83(55(2)3)96(134)113(5)78(46-56-20-11-9-12-21-56)91(129)108-72(44-59-32-36-63(119)37-33-59)93(131)115-39-18-28-75(115)89(127)107-70(48-61-49-102-67-25-16-15-24-64(61)67)87(125)106-69(43-58-30-34-62(118)35-31-58)86(124)105-68(26-17-38-100)85(123)110-74(84(122)103-50-80(101)120)52-136-53-81(121)104-71(45-60-41-65(97)82(99)66(98)42-60)92(130)114(6)79(94(132)112(77)4)47-57-22-13-10-14-23-57/h9-16,20-25,30-37,41-42,49,54-55,68-79,83,102,118-119H,7-8,17-19,26-29,38-40,43-48,50-53,100H2,1-6H3,(H2,101,120)(H,103,122)(H,104,121)(H,105,124)(H,106,125)(H,107,127)(H,108,129)(H,109,128)(H,110,123)(H,111,126)/t68-,69-,70-,71-,72-,73-,74-,75+,76+,77-,78-,79-,83-/m0/s1. The van der Waals surface area contributed by atoms with Crippen molar-refractivity contribution >= 4 is 118 Å². The fourth-order valence-corrected chi connectivity index (χ4v) is 17.7. The Morgan fingerprint density at radius 3 is 1.57 bits per heavy atom. The van der Waals surface area contributed by atoms with Crippen molar-refractivity contribution in [3.8, 4) is 11.5 Å². The molecule has 36 nitrogen and oxygen atoms in total. The summed E-state index contributed by atoms with van der Waals surface area (Å²) in [6, 6.07) is 15.7. The topological polar surface area (TPSA) is 515 Å². The van der Waals surface area contributed by atoms with E-state index in [1.807, 2.05) is 6.92 Å². The number of carbonyl (C=O) groups excluding carboxylic acids is 16. The van der Waals surface area contributed by atoms with E-state index < -0.39 is 222 Å². The lowest BCUT2D eigenvalue weighted by molar-refractivity contribution is -0.152. The van der Waals surface area contributed by atoms with Crippen molar-refractivity contribution in [2.75, 3.05) is 65.4 Å². The number of hydrogen-bond acceptors (Lipinski definition) is 21. The molecule has 0 aliphatic carbocycles. The highest BCUT2D eigenvalue weighted by atomic mass is 32.2. The van der Waals surface area contributed by atoms with Crippen molar-refractivity contribution in [2.24, 2.45) is 17.4 Å². The molecule has 0 unspecified atom stereocenters. The third-order valence-corrected chi connectivity index (χ3v) is 25.4. The number of nitrogens with one attached hydrogen (secondary N) is 10. The first kappa shape index (κ1) is 104. The number of para-hydroxylation sites is 1. The number of unbranched alkanes of at least 4 members (excludes halogenated alkanes) is 1. The number of thioether (sulfide) groups is 1. The van der Waals surface area contributed by atoms with E-state index in [0.717, 1.165) is 14.7 Å². The van der Waals surface area contributed by atoms with Crippen molar-refractivity contribution in [3.63, 3.8) is 0 Å². The molecule has 4 heterocycles. The summed E-state index contributed by atoms with van der Waals surface area (Å²) in [6.07, 6.45) is 0.427. The van der Waals surface area contributed by atoms with Crippen LogP contribution in [0, 0.1) is 23.4 Å². The zero-order chi connectivity index (χ0) is 98.6. The van der Waals surface area contributed by atoms with Gasteiger partial charge in [0.2, 0.25) is 88.6 Å². The second-order valence-corrected chi connectivity index (χ2v) is 35.5. The molecule has 728 valence electrons. The molecule has 7 aromatic rings. The summed E-state index contributed by atoms with van der Waals surface area (Å²) in [5.41, 5.74) is 14.0. The maximum atomic E-state index is 15.8. The number of aromatic nitrogens is 1. The summed E-state index contributed by atoms with van der Waals surface area (Å²) < 4.78 is 50.3. The van der Waals surface area contributed by atoms with Gasteiger partial charge in [-0.25, -0.2) is 13.2 Å². The molecule has 6 aromatic carbocycles. The largest absolute Gasteiger partial charge is 0.508 e. The maximum absolute atomic E-state index is 15.8. The molecular weight excluding hydrogens is 1780 g/mol. The fraction of sp³-hybridized carbons (Fsp3) is 0.438. The lowest BCUT2D eigenvalue weighted by atomic mass is 9.98. The summed E-state index contributed by atoms with van der Waals surface area (Å²) in [6.45, 7) is 3.21. The Kier molecular flexibility index (Phi) is 38.2. The number of halogens is 3. The van der Waals surface area contributed by atoms with Crippen LogP contribution in [0.2, 0.25) is 0 Å². The molecule has 10 rings (SSSR count). The van der Waals surface area contributed by atoms with E-state index in [4.69, 9.17) is 16.2 Å². The molecule has 1 aromatic heterocycles. The molecule has 136 heavy (non-hydrogen) atoms. The predicted molar refractivity (Wildman–Crippen MR) is 495 cm³/mol. The van der Waals surface area contributed by atoms with Gasteiger partial charge in [-0.3, -0.25) is 76.7 Å². The maximum Gasteiger partial charge on any atom is 0.293 e. The minimum Gasteiger partial charge on any atom is -0.508 e. The molecule has 40 heteroatoms. The van der Waals surface area contributed by atoms with Crippen LogP contribution in [0.15, 0.2) is 152 Å². The van der Waals surface area contributed by atoms with Crippen LogP contribution in [0.5, 0.6) is 11.5 Å². The highest BCUT2D eigenvalue weighted by Crippen LogP contribution is 2.29. The molecule has 0 saturated carbocycles. The number of ether oxygens (including phenoxy) is 1. The first-order valence-corrected chi connectivity index (χ1v) is 46.3. The van der Waals surface area contributed by atoms with Gasteiger partial charge >= 0.3 is 0 Å². The van der Waals surface area contributed by atoms with Crippen LogP contribution in [-0.2, 0) is 120 Å². The van der Waals surface area contributed by atoms with Gasteiger partial charge in [0.1, 0.15) is 96.6 Å². The van der Waals surface area contributed by atoms with Gasteiger partial charge in [0.05, 0.1) is 12.3 Å². The van der Waals surface area contributed by atoms with Gasteiger partial charge in [-0.2, -0.15) is 0 Å². The number of amides is 15. The van der Waals surface area contributed by atoms with Crippen molar-refractivity contribution in [1.29, 1.82) is 0 Å². The molecule has 13 atom stereocenters. The smallest absolute Gasteiger partial charge is 0.293 e. The van der Waals surface area contributed by atoms with Gasteiger partial charge in [-0.15, -0.1) is 11.8 Å². The first-order valence-electron chi connectivity index (χ1n) is 45.1. The first-order chi connectivity index (χ1) is 65.1. The Balaban J connectivity index is 1.06. The zero-order valence-electron chi connectivity index (χ0n) is 76.4. The van der Waals surface area contributed by atoms with Gasteiger partial charge in [-0.1, -0.05) is 137 Å². The molecule has 3 aliphatic rings. The van der Waals surface area contributed by atoms with E-state index in [9.17, 15) is 48.2 Å². The van der Waals surface area contributed by atoms with Crippen LogP contribution < -0.4 is 59.3 Å². The molecule has 16 N–H and O–H groups in total. The number of nitrogens with zero attached hydrogens (tertiary/aromatic N) is 5. The minimum absolute atomic E-state index is 0.00238. The minimum atomic E-state index is -1.87. The fourth-order valence-electron chi connectivity index (χ4n) is 16.8. The Morgan fingerprint density at radius 2 is 1.00 bits per heavy atom. The number of H-pyrrole nitrogens is 1. The van der Waals surface area contributed by atoms with Crippen molar-refractivity contribution in [2.45, 2.75) is 196 Å². The number of fused-ring (bicyclic) bond motifs is 3. The quantitative estimate of drug-likeness (QED) is 0.0288. The summed E-state index contributed by atoms with van der Waals surface area (Å²) in [5.74, 6) is -21.7. The van der Waals surface area contributed by atoms with Crippen LogP contribution >= 0.6 is 11.8 Å². The van der Waals surface area contributed by atoms with E-state index >= 15 is 51.9 Å². The number of hydrogen-bond donors (Lipinski definition) is 14. The number of phenolic OH excluding ortho intramolecular Hbond substituents is 2. The van der Waals surface area contributed by atoms with Gasteiger partial charge in [0.15, 0.2) is 17.5 Å². The van der Waals surface area contributed by atoms with Crippen LogP contribution in [0.3, 0.4) is 0 Å². The monoisotopic (exact) mass is 1900 g/mol.